The predicted molar refractivity (Wildman–Crippen MR) is 344 cm³/mol. The molecule has 0 saturated carbocycles. The van der Waals surface area contributed by atoms with Gasteiger partial charge in [-0.05, 0) is 57.8 Å². The monoisotopic (exact) mass is 1380 g/mol. The van der Waals surface area contributed by atoms with Gasteiger partial charge < -0.3 is 81.8 Å². The van der Waals surface area contributed by atoms with E-state index in [-0.39, 0.29) is 133 Å². The molecule has 0 radical (unpaired) electrons. The molecular weight excluding hydrogens is 1250 g/mol. The van der Waals surface area contributed by atoms with E-state index in [1.807, 2.05) is 0 Å². The number of nitrogens with one attached hydrogen (secondary N) is 2. The summed E-state index contributed by atoms with van der Waals surface area (Å²) in [6.07, 6.45) is 29.9. The topological polar surface area (TPSA) is 282 Å². The smallest absolute Gasteiger partial charge is 0.790 e. The van der Waals surface area contributed by atoms with Gasteiger partial charge >= 0.3 is 88.7 Å². The maximum atomic E-state index is 14.1. The maximum absolute atomic E-state index is 14.1. The van der Waals surface area contributed by atoms with Gasteiger partial charge in [0.05, 0.1) is 33.6 Å². The summed E-state index contributed by atoms with van der Waals surface area (Å²) in [6, 6.07) is -2.75. The normalized spacial score (nSPS) is 22.6. The first-order valence-electron chi connectivity index (χ1n) is 35.2. The number of allylic oxidation sites excluding steroid dienone is 2. The average molecular weight is 1380 g/mol. The molecule has 2 heterocycles. The van der Waals surface area contributed by atoms with Crippen molar-refractivity contribution >= 4 is 33.0 Å². The number of aliphatic hydroxyl groups excluding tert-OH is 1. The van der Waals surface area contributed by atoms with Crippen LogP contribution in [0.15, 0.2) is 12.2 Å². The van der Waals surface area contributed by atoms with E-state index in [9.17, 15) is 43.3 Å². The second kappa shape index (κ2) is 61.0. The number of aliphatic hydroxyl groups is 1. The zero-order chi connectivity index (χ0) is 65.4. The summed E-state index contributed by atoms with van der Waals surface area (Å²) in [5.74, 6) is -1.45. The van der Waals surface area contributed by atoms with Gasteiger partial charge in [-0.2, -0.15) is 0 Å². The third-order valence-corrected chi connectivity index (χ3v) is 18.0. The Kier molecular flexibility index (Phi) is 63.2. The SMILES string of the molecule is CCCCCC/C=C\CCCCCCCCCC(=O)NC1C(OCC2OC(OP(C)(=O)[O-])C(NC(=O)CC(=O)CCCCCCCCCCC)C(OCCCCCCCCCC)C2O)OC(COC)C(OP(=O)([O-])[O-])C1OCCC(CCCCCCC)OC.[Na+].[Na+].[Na+]. The Bertz CT molecular complexity index is 1910. The van der Waals surface area contributed by atoms with Crippen molar-refractivity contribution in [1.29, 1.82) is 0 Å². The van der Waals surface area contributed by atoms with Gasteiger partial charge in [0.25, 0.3) is 0 Å². The minimum absolute atomic E-state index is 0. The zero-order valence-electron chi connectivity index (χ0n) is 59.4. The van der Waals surface area contributed by atoms with Crippen LogP contribution in [0, 0.1) is 0 Å². The van der Waals surface area contributed by atoms with Gasteiger partial charge in [-0.15, -0.1) is 0 Å². The number of carbonyl (C=O) groups is 3. The summed E-state index contributed by atoms with van der Waals surface area (Å²) in [5, 5.41) is 18.0. The summed E-state index contributed by atoms with van der Waals surface area (Å²) in [4.78, 5) is 79.2. The molecule has 2 rings (SSSR count). The number of amides is 2. The van der Waals surface area contributed by atoms with Crippen molar-refractivity contribution in [1.82, 2.24) is 10.6 Å². The maximum Gasteiger partial charge on any atom is 1.00 e. The van der Waals surface area contributed by atoms with Crippen molar-refractivity contribution in [2.45, 2.75) is 352 Å². The Morgan fingerprint density at radius 3 is 1.46 bits per heavy atom. The van der Waals surface area contributed by atoms with Crippen LogP contribution in [0.3, 0.4) is 0 Å². The molecule has 3 N–H and O–H groups in total. The van der Waals surface area contributed by atoms with Crippen LogP contribution in [0.25, 0.3) is 0 Å². The first-order valence-corrected chi connectivity index (χ1v) is 38.6. The molecule has 0 spiro atoms. The van der Waals surface area contributed by atoms with Gasteiger partial charge in [0.1, 0.15) is 62.1 Å². The standard InChI is InChI=1S/C67H128N2O18P2.3Na/c1-8-12-16-20-23-26-27-28-29-30-31-33-35-39-43-47-58(71)68-61-65(82-50-48-55(80-6)46-42-37-19-15-11-4)63(86-89(76,77)78)57(52-79-5)85-66(61)83-53-56-62(73)64(81-49-44-40-36-25-22-18-14-10-3)60(67(84-56)87-88(7,74)75)69-59(72)51-54(70)45-41-38-34-32-24-21-17-13-9-2;;;/h26-27,55-57,60-67,73H,8-25,28-53H2,1-7H3,(H,68,71)(H,69,72)(H,74,75)(H2,76,77,78);;;/q;3*+1/p-3/b27-26-;;;. The number of ether oxygens (including phenoxy) is 7. The molecule has 2 aliphatic rings. The van der Waals surface area contributed by atoms with E-state index in [0.717, 1.165) is 161 Å². The Labute approximate surface area is 623 Å². The van der Waals surface area contributed by atoms with Crippen molar-refractivity contribution in [3.8, 4) is 0 Å². The van der Waals surface area contributed by atoms with E-state index in [1.54, 1.807) is 7.11 Å². The molecule has 0 aliphatic carbocycles. The molecular formula is C67H125N2Na3O18P2. The third kappa shape index (κ3) is 47.4. The van der Waals surface area contributed by atoms with Crippen molar-refractivity contribution in [2.75, 3.05) is 47.3 Å². The van der Waals surface area contributed by atoms with Gasteiger partial charge in [-0.3, -0.25) is 14.4 Å². The average Bonchev–Trinajstić information content (AvgIpc) is 0.798. The number of phosphoric ester groups is 1. The summed E-state index contributed by atoms with van der Waals surface area (Å²) in [6.45, 7) is 8.78. The van der Waals surface area contributed by atoms with Crippen LogP contribution < -0.4 is 114 Å². The minimum atomic E-state index is -5.75. The number of rotatable bonds is 59. The number of hydrogen-bond acceptors (Lipinski definition) is 18. The van der Waals surface area contributed by atoms with Crippen molar-refractivity contribution in [3.05, 3.63) is 12.2 Å². The number of Topliss-reactive ketones (excluding diaryl/α,β-unsaturated/α-hetero) is 1. The number of phosphoric acid groups is 1. The van der Waals surface area contributed by atoms with Gasteiger partial charge in [0.15, 0.2) is 12.6 Å². The molecule has 2 amide bonds. The molecule has 12 unspecified atom stereocenters. The van der Waals surface area contributed by atoms with Crippen LogP contribution in [0.4, 0.5) is 0 Å². The summed E-state index contributed by atoms with van der Waals surface area (Å²) < 4.78 is 79.6. The molecule has 2 saturated heterocycles. The summed E-state index contributed by atoms with van der Waals surface area (Å²) >= 11 is 0. The first kappa shape index (κ1) is 95.3. The molecule has 0 bridgehead atoms. The summed E-state index contributed by atoms with van der Waals surface area (Å²) in [7, 11) is -7.45. The molecule has 20 nitrogen and oxygen atoms in total. The van der Waals surface area contributed by atoms with E-state index in [1.165, 1.54) is 64.9 Å². The fourth-order valence-corrected chi connectivity index (χ4v) is 12.9. The van der Waals surface area contributed by atoms with Crippen molar-refractivity contribution in [3.63, 3.8) is 0 Å². The van der Waals surface area contributed by atoms with E-state index in [2.05, 4.69) is 50.5 Å². The largest absolute Gasteiger partial charge is 1.00 e. The van der Waals surface area contributed by atoms with Crippen LogP contribution >= 0.6 is 15.4 Å². The molecule has 2 aliphatic heterocycles. The van der Waals surface area contributed by atoms with Gasteiger partial charge in [-0.1, -0.05) is 220 Å². The van der Waals surface area contributed by atoms with E-state index < -0.39 is 102 Å². The predicted octanol–water partition coefficient (Wildman–Crippen LogP) is 3.45. The fourth-order valence-electron chi connectivity index (χ4n) is 11.7. The van der Waals surface area contributed by atoms with Crippen LogP contribution in [0.1, 0.15) is 285 Å². The first-order chi connectivity index (χ1) is 42.9. The Balaban J connectivity index is 0. The zero-order valence-corrected chi connectivity index (χ0v) is 67.2. The number of ketones is 1. The van der Waals surface area contributed by atoms with E-state index in [4.69, 9.17) is 42.2 Å². The van der Waals surface area contributed by atoms with Crippen LogP contribution in [-0.2, 0) is 65.7 Å². The molecule has 25 heteroatoms. The molecule has 0 aromatic carbocycles. The second-order valence-electron chi connectivity index (χ2n) is 25.1. The molecule has 0 aromatic rings. The van der Waals surface area contributed by atoms with Gasteiger partial charge in [0, 0.05) is 46.9 Å². The molecule has 12 atom stereocenters. The molecule has 2 fully saturated rings. The molecule has 92 heavy (non-hydrogen) atoms. The molecule has 524 valence electrons. The number of carbonyl (C=O) groups excluding carboxylic acids is 3. The third-order valence-electron chi connectivity index (χ3n) is 16.9. The van der Waals surface area contributed by atoms with Crippen molar-refractivity contribution in [2.24, 2.45) is 0 Å². The van der Waals surface area contributed by atoms with Crippen LogP contribution in [0.2, 0.25) is 0 Å². The fraction of sp³-hybridized carbons (Fsp3) is 0.925. The number of methoxy groups -OCH3 is 2. The van der Waals surface area contributed by atoms with E-state index in [0.29, 0.717) is 25.7 Å². The quantitative estimate of drug-likeness (QED) is 0.0258. The van der Waals surface area contributed by atoms with Crippen molar-refractivity contribution < 1.29 is 174 Å². The Morgan fingerprint density at radius 2 is 0.946 bits per heavy atom. The van der Waals surface area contributed by atoms with Crippen LogP contribution in [0.5, 0.6) is 0 Å². The van der Waals surface area contributed by atoms with Crippen LogP contribution in [-0.4, -0.2) is 137 Å². The van der Waals surface area contributed by atoms with E-state index >= 15 is 0 Å². The summed E-state index contributed by atoms with van der Waals surface area (Å²) in [5.41, 5.74) is 0. The Hall–Kier alpha value is 1.29. The number of hydrogen-bond donors (Lipinski definition) is 3. The van der Waals surface area contributed by atoms with Gasteiger partial charge in [-0.25, -0.2) is 0 Å². The minimum Gasteiger partial charge on any atom is -0.790 e. The Morgan fingerprint density at radius 1 is 0.500 bits per heavy atom. The number of unbranched alkanes of at least 4 members (excludes halogenated alkanes) is 30. The van der Waals surface area contributed by atoms with Gasteiger partial charge in [0.2, 0.25) is 11.8 Å². The second-order valence-corrected chi connectivity index (χ2v) is 27.9. The molecule has 0 aromatic heterocycles.